The number of nitrogens with zero attached hydrogens (tertiary/aromatic N) is 4. The molecule has 0 N–H and O–H groups in total. The molecule has 6 nitrogen and oxygen atoms in total. The number of non-ortho nitro benzene ring substituents is 1. The lowest BCUT2D eigenvalue weighted by atomic mass is 10.1. The predicted molar refractivity (Wildman–Crippen MR) is 82.6 cm³/mol. The summed E-state index contributed by atoms with van der Waals surface area (Å²) in [5.41, 5.74) is 4.01. The number of nitro groups is 1. The molecule has 0 spiro atoms. The molecule has 0 fully saturated rings. The van der Waals surface area contributed by atoms with Crippen LogP contribution in [0.4, 0.5) is 5.69 Å². The smallest absolute Gasteiger partial charge is 0.270 e. The van der Waals surface area contributed by atoms with Crippen molar-refractivity contribution in [2.24, 2.45) is 0 Å². The van der Waals surface area contributed by atoms with Crippen LogP contribution in [0.2, 0.25) is 0 Å². The van der Waals surface area contributed by atoms with Gasteiger partial charge in [0.2, 0.25) is 0 Å². The van der Waals surface area contributed by atoms with E-state index in [0.29, 0.717) is 11.3 Å². The van der Waals surface area contributed by atoms with Crippen LogP contribution in [0.5, 0.6) is 0 Å². The van der Waals surface area contributed by atoms with Crippen molar-refractivity contribution in [1.82, 2.24) is 14.4 Å². The van der Waals surface area contributed by atoms with E-state index in [2.05, 4.69) is 9.97 Å². The fourth-order valence-electron chi connectivity index (χ4n) is 2.58. The van der Waals surface area contributed by atoms with Gasteiger partial charge in [-0.3, -0.25) is 14.5 Å². The van der Waals surface area contributed by atoms with Gasteiger partial charge in [-0.05, 0) is 12.1 Å². The van der Waals surface area contributed by atoms with E-state index in [1.165, 1.54) is 12.1 Å². The van der Waals surface area contributed by atoms with E-state index in [1.807, 2.05) is 34.7 Å². The lowest BCUT2D eigenvalue weighted by Gasteiger charge is -2.07. The molecule has 0 saturated carbocycles. The molecular formula is C16H10N4O2. The Bertz CT molecular complexity index is 1020. The Labute approximate surface area is 124 Å². The van der Waals surface area contributed by atoms with Crippen molar-refractivity contribution < 1.29 is 4.92 Å². The highest BCUT2D eigenvalue weighted by Crippen LogP contribution is 2.28. The summed E-state index contributed by atoms with van der Waals surface area (Å²) >= 11 is 0. The Morgan fingerprint density at radius 3 is 2.77 bits per heavy atom. The van der Waals surface area contributed by atoms with E-state index < -0.39 is 4.92 Å². The summed E-state index contributed by atoms with van der Waals surface area (Å²) in [6.07, 6.45) is 3.44. The molecule has 22 heavy (non-hydrogen) atoms. The molecule has 0 radical (unpaired) electrons. The second-order valence-electron chi connectivity index (χ2n) is 4.91. The zero-order chi connectivity index (χ0) is 15.1. The van der Waals surface area contributed by atoms with E-state index in [4.69, 9.17) is 0 Å². The first-order valence-corrected chi connectivity index (χ1v) is 6.70. The van der Waals surface area contributed by atoms with E-state index in [-0.39, 0.29) is 5.69 Å². The average molecular weight is 290 g/mol. The minimum absolute atomic E-state index is 0.0464. The number of aromatic nitrogens is 3. The van der Waals surface area contributed by atoms with Crippen LogP contribution in [0.1, 0.15) is 0 Å². The maximum Gasteiger partial charge on any atom is 0.270 e. The van der Waals surface area contributed by atoms with E-state index in [0.717, 1.165) is 16.6 Å². The van der Waals surface area contributed by atoms with Crippen molar-refractivity contribution in [3.63, 3.8) is 0 Å². The fourth-order valence-corrected chi connectivity index (χ4v) is 2.58. The standard InChI is InChI=1S/C16H10N4O2/c21-20(22)12-5-3-4-11(8-12)16-15-9-17-10-19(15)14-7-2-1-6-13(14)18-16/h1-10H. The third-order valence-corrected chi connectivity index (χ3v) is 3.59. The fraction of sp³-hybridized carbons (Fsp3) is 0. The molecule has 0 saturated heterocycles. The minimum Gasteiger partial charge on any atom is -0.295 e. The third kappa shape index (κ3) is 1.81. The molecule has 0 aliphatic heterocycles. The van der Waals surface area contributed by atoms with Crippen molar-refractivity contribution in [3.8, 4) is 11.3 Å². The van der Waals surface area contributed by atoms with Crippen LogP contribution in [0.15, 0.2) is 61.1 Å². The topological polar surface area (TPSA) is 73.3 Å². The number of nitro benzene ring substituents is 1. The van der Waals surface area contributed by atoms with Crippen molar-refractivity contribution in [2.45, 2.75) is 0 Å². The lowest BCUT2D eigenvalue weighted by molar-refractivity contribution is -0.384. The number of benzene rings is 2. The Morgan fingerprint density at radius 1 is 1.05 bits per heavy atom. The third-order valence-electron chi connectivity index (χ3n) is 3.59. The number of rotatable bonds is 2. The van der Waals surface area contributed by atoms with Gasteiger partial charge in [-0.25, -0.2) is 9.97 Å². The highest BCUT2D eigenvalue weighted by Gasteiger charge is 2.13. The summed E-state index contributed by atoms with van der Waals surface area (Å²) in [5.74, 6) is 0. The Kier molecular flexibility index (Phi) is 2.62. The highest BCUT2D eigenvalue weighted by atomic mass is 16.6. The van der Waals surface area contributed by atoms with Gasteiger partial charge in [-0.2, -0.15) is 0 Å². The molecule has 2 heterocycles. The summed E-state index contributed by atoms with van der Waals surface area (Å²) in [6.45, 7) is 0. The molecule has 0 unspecified atom stereocenters. The maximum atomic E-state index is 11.0. The number of hydrogen-bond donors (Lipinski definition) is 0. The van der Waals surface area contributed by atoms with E-state index in [1.54, 1.807) is 18.6 Å². The van der Waals surface area contributed by atoms with Crippen LogP contribution in [0, 0.1) is 10.1 Å². The summed E-state index contributed by atoms with van der Waals surface area (Å²) < 4.78 is 1.94. The number of hydrogen-bond acceptors (Lipinski definition) is 4. The van der Waals surface area contributed by atoms with Crippen LogP contribution < -0.4 is 0 Å². The lowest BCUT2D eigenvalue weighted by Crippen LogP contribution is -1.95. The molecule has 4 aromatic rings. The molecule has 0 atom stereocenters. The molecule has 2 aromatic carbocycles. The van der Waals surface area contributed by atoms with Gasteiger partial charge in [0.25, 0.3) is 5.69 Å². The molecule has 0 aliphatic carbocycles. The van der Waals surface area contributed by atoms with Gasteiger partial charge in [0.05, 0.1) is 39.7 Å². The molecule has 4 rings (SSSR count). The monoisotopic (exact) mass is 290 g/mol. The summed E-state index contributed by atoms with van der Waals surface area (Å²) in [7, 11) is 0. The first-order chi connectivity index (χ1) is 10.7. The van der Waals surface area contributed by atoms with Gasteiger partial charge >= 0.3 is 0 Å². The van der Waals surface area contributed by atoms with Crippen molar-refractivity contribution in [3.05, 3.63) is 71.2 Å². The summed E-state index contributed by atoms with van der Waals surface area (Å²) in [4.78, 5) is 19.4. The highest BCUT2D eigenvalue weighted by molar-refractivity contribution is 5.87. The van der Waals surface area contributed by atoms with Gasteiger partial charge in [0.15, 0.2) is 0 Å². The Balaban J connectivity index is 2.07. The van der Waals surface area contributed by atoms with Crippen molar-refractivity contribution in [2.75, 3.05) is 0 Å². The number of imidazole rings is 1. The zero-order valence-corrected chi connectivity index (χ0v) is 11.4. The quantitative estimate of drug-likeness (QED) is 0.418. The molecule has 0 amide bonds. The SMILES string of the molecule is O=[N+]([O-])c1cccc(-c2nc3ccccc3n3cncc23)c1. The number of para-hydroxylation sites is 2. The van der Waals surface area contributed by atoms with E-state index >= 15 is 0 Å². The van der Waals surface area contributed by atoms with Gasteiger partial charge < -0.3 is 0 Å². The van der Waals surface area contributed by atoms with Crippen LogP contribution in [-0.4, -0.2) is 19.3 Å². The summed E-state index contributed by atoms with van der Waals surface area (Å²) in [6, 6.07) is 14.2. The molecule has 0 bridgehead atoms. The normalized spacial score (nSPS) is 11.1. The van der Waals surface area contributed by atoms with E-state index in [9.17, 15) is 10.1 Å². The van der Waals surface area contributed by atoms with Crippen LogP contribution >= 0.6 is 0 Å². The first kappa shape index (κ1) is 12.5. The van der Waals surface area contributed by atoms with Crippen LogP contribution in [0.3, 0.4) is 0 Å². The number of fused-ring (bicyclic) bond motifs is 3. The average Bonchev–Trinajstić information content (AvgIpc) is 3.04. The minimum atomic E-state index is -0.405. The predicted octanol–water partition coefficient (Wildman–Crippen LogP) is 3.46. The first-order valence-electron chi connectivity index (χ1n) is 6.70. The molecule has 106 valence electrons. The Hall–Kier alpha value is -3.28. The van der Waals surface area contributed by atoms with Gasteiger partial charge in [0, 0.05) is 17.7 Å². The maximum absolute atomic E-state index is 11.0. The second-order valence-corrected chi connectivity index (χ2v) is 4.91. The molecule has 0 aliphatic rings. The summed E-state index contributed by atoms with van der Waals surface area (Å²) in [5, 5.41) is 11.0. The zero-order valence-electron chi connectivity index (χ0n) is 11.4. The Morgan fingerprint density at radius 2 is 1.91 bits per heavy atom. The molecule has 6 heteroatoms. The van der Waals surface area contributed by atoms with Gasteiger partial charge in [-0.15, -0.1) is 0 Å². The molecular weight excluding hydrogens is 280 g/mol. The van der Waals surface area contributed by atoms with Crippen molar-refractivity contribution in [1.29, 1.82) is 0 Å². The largest absolute Gasteiger partial charge is 0.295 e. The van der Waals surface area contributed by atoms with Crippen LogP contribution in [-0.2, 0) is 0 Å². The second kappa shape index (κ2) is 4.63. The molecule has 2 aromatic heterocycles. The van der Waals surface area contributed by atoms with Gasteiger partial charge in [-0.1, -0.05) is 24.3 Å². The van der Waals surface area contributed by atoms with Crippen molar-refractivity contribution >= 4 is 22.2 Å². The van der Waals surface area contributed by atoms with Gasteiger partial charge in [0.1, 0.15) is 0 Å². The van der Waals surface area contributed by atoms with Crippen LogP contribution in [0.25, 0.3) is 27.8 Å².